The highest BCUT2D eigenvalue weighted by Gasteiger charge is 2.21. The lowest BCUT2D eigenvalue weighted by molar-refractivity contribution is 0.272. The predicted octanol–water partition coefficient (Wildman–Crippen LogP) is 4.11. The average molecular weight is 289 g/mol. The van der Waals surface area contributed by atoms with Gasteiger partial charge >= 0.3 is 0 Å². The van der Waals surface area contributed by atoms with Crippen molar-refractivity contribution in [3.63, 3.8) is 0 Å². The lowest BCUT2D eigenvalue weighted by Gasteiger charge is -2.23. The van der Waals surface area contributed by atoms with Crippen LogP contribution in [0.4, 0.5) is 4.39 Å². The summed E-state index contributed by atoms with van der Waals surface area (Å²) in [5, 5.41) is 9.11. The van der Waals surface area contributed by atoms with Gasteiger partial charge in [-0.1, -0.05) is 32.9 Å². The van der Waals surface area contributed by atoms with E-state index in [1.54, 1.807) is 0 Å². The van der Waals surface area contributed by atoms with Crippen LogP contribution in [0.15, 0.2) is 30.5 Å². The first kappa shape index (κ1) is 15.4. The second-order valence-corrected chi connectivity index (χ2v) is 6.10. The summed E-state index contributed by atoms with van der Waals surface area (Å²) in [5.74, 6) is -0.150. The zero-order chi connectivity index (χ0) is 15.6. The summed E-state index contributed by atoms with van der Waals surface area (Å²) in [6, 6.07) is 7.29. The Kier molecular flexibility index (Phi) is 4.28. The van der Waals surface area contributed by atoms with Crippen LogP contribution in [-0.2, 0) is 12.0 Å². The summed E-state index contributed by atoms with van der Waals surface area (Å²) in [5.41, 5.74) is 2.04. The molecule has 0 unspecified atom stereocenters. The molecule has 0 bridgehead atoms. The van der Waals surface area contributed by atoms with E-state index in [4.69, 9.17) is 9.84 Å². The Morgan fingerprint density at radius 3 is 2.57 bits per heavy atom. The van der Waals surface area contributed by atoms with Crippen molar-refractivity contribution < 1.29 is 14.2 Å². The molecule has 0 aliphatic rings. The Labute approximate surface area is 124 Å². The molecule has 2 aromatic rings. The van der Waals surface area contributed by atoms with E-state index in [2.05, 4.69) is 25.8 Å². The van der Waals surface area contributed by atoms with Crippen molar-refractivity contribution in [2.75, 3.05) is 0 Å². The summed E-state index contributed by atoms with van der Waals surface area (Å²) in [6.45, 7) is 7.77. The highest BCUT2D eigenvalue weighted by Crippen LogP contribution is 2.35. The summed E-state index contributed by atoms with van der Waals surface area (Å²) in [7, 11) is 0. The quantitative estimate of drug-likeness (QED) is 0.924. The van der Waals surface area contributed by atoms with E-state index >= 15 is 0 Å². The molecule has 112 valence electrons. The van der Waals surface area contributed by atoms with Gasteiger partial charge in [-0.25, -0.2) is 9.37 Å². The van der Waals surface area contributed by atoms with E-state index in [-0.39, 0.29) is 23.5 Å². The zero-order valence-corrected chi connectivity index (χ0v) is 12.8. The molecule has 1 aromatic carbocycles. The molecular formula is C17H20FNO2. The monoisotopic (exact) mass is 289 g/mol. The first-order valence-electron chi connectivity index (χ1n) is 6.86. The van der Waals surface area contributed by atoms with Gasteiger partial charge < -0.3 is 9.84 Å². The molecule has 3 nitrogen and oxygen atoms in total. The van der Waals surface area contributed by atoms with Crippen LogP contribution in [0.2, 0.25) is 0 Å². The van der Waals surface area contributed by atoms with Gasteiger partial charge in [0, 0.05) is 17.3 Å². The van der Waals surface area contributed by atoms with Gasteiger partial charge in [-0.2, -0.15) is 0 Å². The number of pyridine rings is 1. The molecule has 0 saturated carbocycles. The molecular weight excluding hydrogens is 269 g/mol. The number of hydrogen-bond acceptors (Lipinski definition) is 3. The zero-order valence-electron chi connectivity index (χ0n) is 12.8. The second-order valence-electron chi connectivity index (χ2n) is 6.10. The van der Waals surface area contributed by atoms with Crippen LogP contribution >= 0.6 is 0 Å². The van der Waals surface area contributed by atoms with E-state index in [9.17, 15) is 4.39 Å². The number of aliphatic hydroxyl groups is 1. The van der Waals surface area contributed by atoms with Crippen molar-refractivity contribution in [3.05, 3.63) is 53.0 Å². The van der Waals surface area contributed by atoms with Crippen LogP contribution in [0, 0.1) is 12.7 Å². The summed E-state index contributed by atoms with van der Waals surface area (Å²) < 4.78 is 19.8. The minimum atomic E-state index is -0.624. The van der Waals surface area contributed by atoms with Crippen molar-refractivity contribution >= 4 is 0 Å². The first-order valence-corrected chi connectivity index (χ1v) is 6.86. The number of aryl methyl sites for hydroxylation is 1. The van der Waals surface area contributed by atoms with E-state index in [1.807, 2.05) is 25.1 Å². The van der Waals surface area contributed by atoms with Gasteiger partial charge in [-0.05, 0) is 30.0 Å². The standard InChI is InChI=1S/C17H20FNO2/c1-11-5-6-13(17(2,3)4)14(9-11)21-16-15(18)12(10-20)7-8-19-16/h5-9,20H,10H2,1-4H3. The molecule has 0 fully saturated rings. The highest BCUT2D eigenvalue weighted by molar-refractivity contribution is 5.43. The number of aliphatic hydroxyl groups excluding tert-OH is 1. The Bertz CT molecular complexity index is 648. The SMILES string of the molecule is Cc1ccc(C(C)(C)C)c(Oc2nccc(CO)c2F)c1. The fourth-order valence-corrected chi connectivity index (χ4v) is 2.09. The van der Waals surface area contributed by atoms with Crippen molar-refractivity contribution in [1.82, 2.24) is 4.98 Å². The molecule has 0 amide bonds. The van der Waals surface area contributed by atoms with Gasteiger partial charge in [0.1, 0.15) is 5.75 Å². The van der Waals surface area contributed by atoms with Crippen molar-refractivity contribution in [3.8, 4) is 11.6 Å². The molecule has 2 rings (SSSR count). The molecule has 0 aliphatic carbocycles. The minimum absolute atomic E-state index is 0.113. The number of aromatic nitrogens is 1. The van der Waals surface area contributed by atoms with Crippen LogP contribution in [-0.4, -0.2) is 10.1 Å². The Balaban J connectivity index is 2.47. The molecule has 0 atom stereocenters. The maximum absolute atomic E-state index is 14.1. The van der Waals surface area contributed by atoms with Gasteiger partial charge in [-0.3, -0.25) is 0 Å². The van der Waals surface area contributed by atoms with Gasteiger partial charge in [0.15, 0.2) is 5.82 Å². The van der Waals surface area contributed by atoms with Gasteiger partial charge in [0.05, 0.1) is 6.61 Å². The summed E-state index contributed by atoms with van der Waals surface area (Å²) >= 11 is 0. The van der Waals surface area contributed by atoms with Crippen LogP contribution in [0.1, 0.15) is 37.5 Å². The largest absolute Gasteiger partial charge is 0.436 e. The minimum Gasteiger partial charge on any atom is -0.436 e. The molecule has 0 aliphatic heterocycles. The van der Waals surface area contributed by atoms with E-state index in [1.165, 1.54) is 12.3 Å². The number of benzene rings is 1. The van der Waals surface area contributed by atoms with Crippen molar-refractivity contribution in [2.24, 2.45) is 0 Å². The average Bonchev–Trinajstić information content (AvgIpc) is 2.40. The molecule has 1 aromatic heterocycles. The topological polar surface area (TPSA) is 42.4 Å². The molecule has 1 N–H and O–H groups in total. The van der Waals surface area contributed by atoms with E-state index < -0.39 is 5.82 Å². The fraction of sp³-hybridized carbons (Fsp3) is 0.353. The number of hydrogen-bond donors (Lipinski definition) is 1. The summed E-state index contributed by atoms with van der Waals surface area (Å²) in [6.07, 6.45) is 1.43. The molecule has 4 heteroatoms. The maximum Gasteiger partial charge on any atom is 0.256 e. The smallest absolute Gasteiger partial charge is 0.256 e. The molecule has 21 heavy (non-hydrogen) atoms. The third kappa shape index (κ3) is 3.39. The second kappa shape index (κ2) is 5.82. The summed E-state index contributed by atoms with van der Waals surface area (Å²) in [4.78, 5) is 3.93. The Morgan fingerprint density at radius 1 is 1.24 bits per heavy atom. The predicted molar refractivity (Wildman–Crippen MR) is 80.1 cm³/mol. The Hall–Kier alpha value is -1.94. The highest BCUT2D eigenvalue weighted by atomic mass is 19.1. The molecule has 0 saturated heterocycles. The number of ether oxygens (including phenoxy) is 1. The molecule has 0 spiro atoms. The van der Waals surface area contributed by atoms with Crippen LogP contribution in [0.5, 0.6) is 11.6 Å². The fourth-order valence-electron chi connectivity index (χ4n) is 2.09. The third-order valence-electron chi connectivity index (χ3n) is 3.26. The van der Waals surface area contributed by atoms with Gasteiger partial charge in [0.2, 0.25) is 0 Å². The van der Waals surface area contributed by atoms with E-state index in [0.29, 0.717) is 5.75 Å². The number of nitrogens with zero attached hydrogens (tertiary/aromatic N) is 1. The van der Waals surface area contributed by atoms with Gasteiger partial charge in [0.25, 0.3) is 5.88 Å². The third-order valence-corrected chi connectivity index (χ3v) is 3.26. The van der Waals surface area contributed by atoms with Crippen LogP contribution in [0.25, 0.3) is 0 Å². The van der Waals surface area contributed by atoms with Crippen LogP contribution in [0.3, 0.4) is 0 Å². The lowest BCUT2D eigenvalue weighted by atomic mass is 9.86. The molecule has 1 heterocycles. The Morgan fingerprint density at radius 2 is 1.95 bits per heavy atom. The number of halogens is 1. The maximum atomic E-state index is 14.1. The number of rotatable bonds is 3. The van der Waals surface area contributed by atoms with Crippen molar-refractivity contribution in [2.45, 2.75) is 39.7 Å². The van der Waals surface area contributed by atoms with Crippen LogP contribution < -0.4 is 4.74 Å². The normalized spacial score (nSPS) is 11.5. The van der Waals surface area contributed by atoms with Crippen molar-refractivity contribution in [1.29, 1.82) is 0 Å². The van der Waals surface area contributed by atoms with E-state index in [0.717, 1.165) is 11.1 Å². The van der Waals surface area contributed by atoms with Gasteiger partial charge in [-0.15, -0.1) is 0 Å². The lowest BCUT2D eigenvalue weighted by Crippen LogP contribution is -2.13. The molecule has 0 radical (unpaired) electrons. The first-order chi connectivity index (χ1) is 9.82.